The maximum Gasteiger partial charge on any atom is 0.0700 e. The van der Waals surface area contributed by atoms with Crippen molar-refractivity contribution in [2.45, 2.75) is 31.2 Å². The van der Waals surface area contributed by atoms with Gasteiger partial charge in [-0.15, -0.1) is 0 Å². The van der Waals surface area contributed by atoms with Crippen LogP contribution in [-0.4, -0.2) is 39.5 Å². The summed E-state index contributed by atoms with van der Waals surface area (Å²) < 4.78 is 10.4. The second kappa shape index (κ2) is 8.63. The van der Waals surface area contributed by atoms with Gasteiger partial charge in [0.05, 0.1) is 13.2 Å². The first kappa shape index (κ1) is 15.8. The van der Waals surface area contributed by atoms with Crippen LogP contribution in [-0.2, 0) is 9.47 Å². The predicted octanol–water partition coefficient (Wildman–Crippen LogP) is 3.23. The fourth-order valence-corrected chi connectivity index (χ4v) is 2.64. The first-order valence-electron chi connectivity index (χ1n) is 7.35. The van der Waals surface area contributed by atoms with Crippen molar-refractivity contribution in [2.24, 2.45) is 0 Å². The highest BCUT2D eigenvalue weighted by Crippen LogP contribution is 2.37. The van der Waals surface area contributed by atoms with E-state index in [1.165, 1.54) is 18.4 Å². The molecule has 0 bridgehead atoms. The van der Waals surface area contributed by atoms with Crippen LogP contribution in [0.1, 0.15) is 30.7 Å². The van der Waals surface area contributed by atoms with Gasteiger partial charge in [-0.1, -0.05) is 23.7 Å². The van der Waals surface area contributed by atoms with E-state index >= 15 is 0 Å². The van der Waals surface area contributed by atoms with Gasteiger partial charge in [-0.2, -0.15) is 0 Å². The van der Waals surface area contributed by atoms with Crippen LogP contribution in [0.15, 0.2) is 24.3 Å². The molecule has 1 N–H and O–H groups in total. The number of methoxy groups -OCH3 is 1. The van der Waals surface area contributed by atoms with Crippen molar-refractivity contribution >= 4 is 11.6 Å². The number of hydrogen-bond donors (Lipinski definition) is 1. The van der Waals surface area contributed by atoms with Gasteiger partial charge < -0.3 is 14.8 Å². The van der Waals surface area contributed by atoms with Crippen molar-refractivity contribution in [3.63, 3.8) is 0 Å². The van der Waals surface area contributed by atoms with Crippen molar-refractivity contribution in [1.82, 2.24) is 5.32 Å². The molecule has 2 rings (SSSR count). The van der Waals surface area contributed by atoms with Crippen LogP contribution in [0.5, 0.6) is 0 Å². The van der Waals surface area contributed by atoms with E-state index in [4.69, 9.17) is 21.1 Å². The number of rotatable bonds is 9. The average molecular weight is 298 g/mol. The highest BCUT2D eigenvalue weighted by atomic mass is 35.5. The van der Waals surface area contributed by atoms with Crippen LogP contribution < -0.4 is 5.32 Å². The van der Waals surface area contributed by atoms with Gasteiger partial charge in [0.1, 0.15) is 0 Å². The Labute approximate surface area is 126 Å². The van der Waals surface area contributed by atoms with Gasteiger partial charge in [-0.05, 0) is 49.4 Å². The fraction of sp³-hybridized carbons (Fsp3) is 0.625. The molecule has 3 nitrogen and oxygen atoms in total. The fourth-order valence-electron chi connectivity index (χ4n) is 2.52. The molecule has 0 atom stereocenters. The van der Waals surface area contributed by atoms with E-state index in [1.807, 2.05) is 12.1 Å². The lowest BCUT2D eigenvalue weighted by Crippen LogP contribution is -2.40. The lowest BCUT2D eigenvalue weighted by Gasteiger charge is -2.36. The van der Waals surface area contributed by atoms with E-state index in [2.05, 4.69) is 17.4 Å². The Bertz CT molecular complexity index is 377. The van der Waals surface area contributed by atoms with Crippen LogP contribution in [0.2, 0.25) is 5.02 Å². The van der Waals surface area contributed by atoms with E-state index in [-0.39, 0.29) is 0 Å². The topological polar surface area (TPSA) is 30.5 Å². The smallest absolute Gasteiger partial charge is 0.0700 e. The van der Waals surface area contributed by atoms with Crippen molar-refractivity contribution < 1.29 is 9.47 Å². The first-order chi connectivity index (χ1) is 9.79. The Morgan fingerprint density at radius 3 is 2.60 bits per heavy atom. The Morgan fingerprint density at radius 1 is 1.15 bits per heavy atom. The molecule has 1 aromatic rings. The molecule has 112 valence electrons. The third-order valence-electron chi connectivity index (χ3n) is 3.81. The maximum atomic E-state index is 5.90. The van der Waals surface area contributed by atoms with E-state index in [0.717, 1.165) is 24.6 Å². The van der Waals surface area contributed by atoms with Gasteiger partial charge in [0.15, 0.2) is 0 Å². The summed E-state index contributed by atoms with van der Waals surface area (Å²) in [7, 11) is 1.69. The molecule has 1 aliphatic carbocycles. The standard InChI is InChI=1S/C16H24ClNO2/c1-19-9-10-20-8-2-7-18-16-11-14(12-16)13-3-5-15(17)6-4-13/h3-6,14,16,18H,2,7-12H2,1H3. The molecule has 0 aliphatic heterocycles. The average Bonchev–Trinajstić information content (AvgIpc) is 2.41. The van der Waals surface area contributed by atoms with Crippen LogP contribution in [0, 0.1) is 0 Å². The number of halogens is 1. The van der Waals surface area contributed by atoms with Crippen LogP contribution in [0.4, 0.5) is 0 Å². The summed E-state index contributed by atoms with van der Waals surface area (Å²) in [6, 6.07) is 8.92. The predicted molar refractivity (Wildman–Crippen MR) is 82.5 cm³/mol. The molecule has 1 aromatic carbocycles. The summed E-state index contributed by atoms with van der Waals surface area (Å²) in [5.41, 5.74) is 1.41. The molecule has 0 aromatic heterocycles. The number of hydrogen-bond acceptors (Lipinski definition) is 3. The molecular weight excluding hydrogens is 274 g/mol. The molecule has 0 radical (unpaired) electrons. The Kier molecular flexibility index (Phi) is 6.80. The molecule has 20 heavy (non-hydrogen) atoms. The third kappa shape index (κ3) is 5.06. The van der Waals surface area contributed by atoms with Crippen molar-refractivity contribution in [2.75, 3.05) is 33.5 Å². The molecule has 0 heterocycles. The van der Waals surface area contributed by atoms with Crippen LogP contribution in [0.25, 0.3) is 0 Å². The summed E-state index contributed by atoms with van der Waals surface area (Å²) in [6.07, 6.45) is 3.52. The lowest BCUT2D eigenvalue weighted by atomic mass is 9.76. The van der Waals surface area contributed by atoms with Crippen LogP contribution >= 0.6 is 11.6 Å². The van der Waals surface area contributed by atoms with Gasteiger partial charge in [-0.3, -0.25) is 0 Å². The van der Waals surface area contributed by atoms with Gasteiger partial charge >= 0.3 is 0 Å². The van der Waals surface area contributed by atoms with Crippen molar-refractivity contribution in [1.29, 1.82) is 0 Å². The minimum atomic E-state index is 0.662. The molecule has 1 fully saturated rings. The van der Waals surface area contributed by atoms with Gasteiger partial charge in [-0.25, -0.2) is 0 Å². The monoisotopic (exact) mass is 297 g/mol. The minimum absolute atomic E-state index is 0.662. The molecular formula is C16H24ClNO2. The summed E-state index contributed by atoms with van der Waals surface area (Å²) >= 11 is 5.90. The highest BCUT2D eigenvalue weighted by Gasteiger charge is 2.29. The molecule has 0 unspecified atom stereocenters. The molecule has 0 saturated heterocycles. The summed E-state index contributed by atoms with van der Waals surface area (Å²) in [4.78, 5) is 0. The van der Waals surface area contributed by atoms with E-state index in [1.54, 1.807) is 7.11 Å². The van der Waals surface area contributed by atoms with Gasteiger partial charge in [0, 0.05) is 24.8 Å². The number of nitrogens with one attached hydrogen (secondary N) is 1. The quantitative estimate of drug-likeness (QED) is 0.710. The largest absolute Gasteiger partial charge is 0.382 e. The number of benzene rings is 1. The van der Waals surface area contributed by atoms with E-state index < -0.39 is 0 Å². The van der Waals surface area contributed by atoms with Gasteiger partial charge in [0.25, 0.3) is 0 Å². The molecule has 4 heteroatoms. The van der Waals surface area contributed by atoms with E-state index in [9.17, 15) is 0 Å². The summed E-state index contributed by atoms with van der Waals surface area (Å²) in [5.74, 6) is 0.697. The highest BCUT2D eigenvalue weighted by molar-refractivity contribution is 6.30. The van der Waals surface area contributed by atoms with Crippen molar-refractivity contribution in [3.8, 4) is 0 Å². The maximum absolute atomic E-state index is 5.90. The Morgan fingerprint density at radius 2 is 1.90 bits per heavy atom. The SMILES string of the molecule is COCCOCCCNC1CC(c2ccc(Cl)cc2)C1. The zero-order chi connectivity index (χ0) is 14.2. The summed E-state index contributed by atoms with van der Waals surface area (Å²) in [6.45, 7) is 3.21. The second-order valence-electron chi connectivity index (χ2n) is 5.33. The minimum Gasteiger partial charge on any atom is -0.382 e. The molecule has 1 saturated carbocycles. The van der Waals surface area contributed by atoms with E-state index in [0.29, 0.717) is 25.2 Å². The molecule has 0 spiro atoms. The Balaban J connectivity index is 1.50. The second-order valence-corrected chi connectivity index (χ2v) is 5.77. The number of ether oxygens (including phenoxy) is 2. The van der Waals surface area contributed by atoms with Crippen molar-refractivity contribution in [3.05, 3.63) is 34.9 Å². The van der Waals surface area contributed by atoms with Crippen LogP contribution in [0.3, 0.4) is 0 Å². The Hall–Kier alpha value is -0.610. The summed E-state index contributed by atoms with van der Waals surface area (Å²) in [5, 5.41) is 4.40. The van der Waals surface area contributed by atoms with Gasteiger partial charge in [0.2, 0.25) is 0 Å². The first-order valence-corrected chi connectivity index (χ1v) is 7.73. The third-order valence-corrected chi connectivity index (χ3v) is 4.06. The zero-order valence-corrected chi connectivity index (χ0v) is 12.9. The molecule has 1 aliphatic rings. The normalized spacial score (nSPS) is 21.7. The molecule has 0 amide bonds. The zero-order valence-electron chi connectivity index (χ0n) is 12.1. The lowest BCUT2D eigenvalue weighted by molar-refractivity contribution is 0.0688.